The second-order valence-electron chi connectivity index (χ2n) is 4.74. The lowest BCUT2D eigenvalue weighted by molar-refractivity contribution is -0.255. The number of hydrogen-bond donors (Lipinski definition) is 1. The van der Waals surface area contributed by atoms with Crippen LogP contribution >= 0.6 is 0 Å². The number of hydrogen-bond acceptors (Lipinski definition) is 4. The van der Waals surface area contributed by atoms with Crippen molar-refractivity contribution in [1.29, 1.82) is 0 Å². The third kappa shape index (κ3) is 3.04. The van der Waals surface area contributed by atoms with Crippen molar-refractivity contribution >= 4 is 11.7 Å². The number of carbonyl (C=O) groups excluding carboxylic acids is 1. The van der Waals surface area contributed by atoms with Gasteiger partial charge in [0.25, 0.3) is 0 Å². The molecule has 0 aliphatic carbocycles. The molecule has 1 atom stereocenters. The van der Waals surface area contributed by atoms with Crippen molar-refractivity contribution < 1.29 is 28.2 Å². The van der Waals surface area contributed by atoms with Crippen LogP contribution in [0.2, 0.25) is 0 Å². The van der Waals surface area contributed by atoms with Gasteiger partial charge in [0.15, 0.2) is 6.10 Å². The molecule has 0 saturated carbocycles. The number of fused-ring (bicyclic) bond motifs is 1. The molecule has 0 amide bonds. The average molecular weight is 288 g/mol. The predicted molar refractivity (Wildman–Crippen MR) is 63.4 cm³/mol. The number of carbonyl (C=O) groups is 1. The number of aryl methyl sites for hydroxylation is 1. The number of aliphatic hydroxyl groups excluding tert-OH is 1. The molecule has 1 heterocycles. The summed E-state index contributed by atoms with van der Waals surface area (Å²) in [7, 11) is 0. The van der Waals surface area contributed by atoms with Crippen LogP contribution in [0.15, 0.2) is 18.2 Å². The van der Waals surface area contributed by atoms with Gasteiger partial charge in [0.2, 0.25) is 0 Å². The zero-order valence-corrected chi connectivity index (χ0v) is 10.5. The van der Waals surface area contributed by atoms with Crippen LogP contribution < -0.4 is 10.0 Å². The van der Waals surface area contributed by atoms with Crippen LogP contribution in [0.3, 0.4) is 0 Å². The number of anilines is 1. The van der Waals surface area contributed by atoms with Crippen molar-refractivity contribution in [3.05, 3.63) is 29.3 Å². The number of carboxylic acid groups (broad SMARTS) is 1. The minimum Gasteiger partial charge on any atom is -0.545 e. The molecule has 2 rings (SSSR count). The number of nitrogens with zero attached hydrogens (tertiary/aromatic N) is 1. The minimum absolute atomic E-state index is 0.00182. The Bertz CT molecular complexity index is 516. The van der Waals surface area contributed by atoms with E-state index in [9.17, 15) is 23.1 Å². The second-order valence-corrected chi connectivity index (χ2v) is 4.74. The fourth-order valence-electron chi connectivity index (χ4n) is 2.30. The summed E-state index contributed by atoms with van der Waals surface area (Å²) in [5, 5.41) is 19.9. The summed E-state index contributed by atoms with van der Waals surface area (Å²) in [6.45, 7) is -0.161. The van der Waals surface area contributed by atoms with Crippen LogP contribution in [-0.4, -0.2) is 36.4 Å². The van der Waals surface area contributed by atoms with Gasteiger partial charge in [0, 0.05) is 12.2 Å². The van der Waals surface area contributed by atoms with Crippen molar-refractivity contribution in [3.63, 3.8) is 0 Å². The Morgan fingerprint density at radius 3 is 2.75 bits per heavy atom. The van der Waals surface area contributed by atoms with E-state index in [1.807, 2.05) is 0 Å². The highest BCUT2D eigenvalue weighted by molar-refractivity contribution is 5.87. The van der Waals surface area contributed by atoms with Crippen LogP contribution in [-0.2, 0) is 6.42 Å². The highest BCUT2D eigenvalue weighted by Gasteiger charge is 2.39. The molecule has 0 fully saturated rings. The molecule has 110 valence electrons. The fourth-order valence-corrected chi connectivity index (χ4v) is 2.30. The number of rotatable bonds is 3. The monoisotopic (exact) mass is 288 g/mol. The number of β-amino-alcohol motifs (C(OH)–C–C–N with tert-alkyl or cyclic N) is 1. The quantitative estimate of drug-likeness (QED) is 0.890. The highest BCUT2D eigenvalue weighted by atomic mass is 19.4. The van der Waals surface area contributed by atoms with Gasteiger partial charge in [0.05, 0.1) is 12.5 Å². The van der Waals surface area contributed by atoms with E-state index in [1.165, 1.54) is 23.1 Å². The van der Waals surface area contributed by atoms with E-state index in [0.29, 0.717) is 30.6 Å². The first-order chi connectivity index (χ1) is 9.29. The van der Waals surface area contributed by atoms with E-state index >= 15 is 0 Å². The Morgan fingerprint density at radius 2 is 2.15 bits per heavy atom. The fraction of sp³-hybridized carbons (Fsp3) is 0.462. The molecule has 20 heavy (non-hydrogen) atoms. The molecule has 1 aliphatic rings. The molecule has 1 aromatic rings. The van der Waals surface area contributed by atoms with Crippen LogP contribution in [0.1, 0.15) is 22.3 Å². The van der Waals surface area contributed by atoms with Crippen LogP contribution in [0.25, 0.3) is 0 Å². The van der Waals surface area contributed by atoms with Crippen molar-refractivity contribution in [2.24, 2.45) is 0 Å². The lowest BCUT2D eigenvalue weighted by Crippen LogP contribution is -2.43. The maximum atomic E-state index is 12.4. The molecule has 0 bridgehead atoms. The molecule has 4 nitrogen and oxygen atoms in total. The smallest absolute Gasteiger partial charge is 0.416 e. The largest absolute Gasteiger partial charge is 0.545 e. The first-order valence-electron chi connectivity index (χ1n) is 6.13. The third-order valence-corrected chi connectivity index (χ3v) is 3.30. The Morgan fingerprint density at radius 1 is 1.45 bits per heavy atom. The zero-order chi connectivity index (χ0) is 14.9. The van der Waals surface area contributed by atoms with E-state index in [4.69, 9.17) is 5.11 Å². The average Bonchev–Trinajstić information content (AvgIpc) is 2.37. The zero-order valence-electron chi connectivity index (χ0n) is 10.5. The predicted octanol–water partition coefficient (Wildman–Crippen LogP) is 0.726. The van der Waals surface area contributed by atoms with Crippen LogP contribution in [0.4, 0.5) is 18.9 Å². The summed E-state index contributed by atoms with van der Waals surface area (Å²) in [5.41, 5.74) is 1.19. The molecule has 1 aromatic carbocycles. The van der Waals surface area contributed by atoms with Gasteiger partial charge >= 0.3 is 6.18 Å². The van der Waals surface area contributed by atoms with Crippen LogP contribution in [0, 0.1) is 0 Å². The number of carboxylic acids is 1. The summed E-state index contributed by atoms with van der Waals surface area (Å²) in [4.78, 5) is 12.2. The van der Waals surface area contributed by atoms with Gasteiger partial charge in [-0.1, -0.05) is 6.07 Å². The van der Waals surface area contributed by atoms with Crippen molar-refractivity contribution in [2.45, 2.75) is 25.1 Å². The Balaban J connectivity index is 2.23. The Labute approximate surface area is 113 Å². The van der Waals surface area contributed by atoms with Gasteiger partial charge in [-0.15, -0.1) is 0 Å². The molecular formula is C13H13F3NO3-. The maximum absolute atomic E-state index is 12.4. The van der Waals surface area contributed by atoms with Gasteiger partial charge in [-0.05, 0) is 36.1 Å². The number of halogens is 3. The Hall–Kier alpha value is -1.76. The maximum Gasteiger partial charge on any atom is 0.416 e. The summed E-state index contributed by atoms with van der Waals surface area (Å²) in [6, 6.07) is 4.17. The first kappa shape index (κ1) is 14.6. The third-order valence-electron chi connectivity index (χ3n) is 3.30. The molecule has 0 aromatic heterocycles. The molecule has 0 spiro atoms. The van der Waals surface area contributed by atoms with Gasteiger partial charge in [-0.3, -0.25) is 0 Å². The Kier molecular flexibility index (Phi) is 3.89. The van der Waals surface area contributed by atoms with Crippen molar-refractivity contribution in [2.75, 3.05) is 18.0 Å². The molecule has 1 N–H and O–H groups in total. The molecule has 7 heteroatoms. The highest BCUT2D eigenvalue weighted by Crippen LogP contribution is 2.30. The van der Waals surface area contributed by atoms with Gasteiger partial charge in [-0.2, -0.15) is 13.2 Å². The lowest BCUT2D eigenvalue weighted by Gasteiger charge is -2.33. The molecular weight excluding hydrogens is 275 g/mol. The number of aromatic carboxylic acids is 1. The van der Waals surface area contributed by atoms with E-state index in [-0.39, 0.29) is 5.56 Å². The van der Waals surface area contributed by atoms with E-state index < -0.39 is 24.8 Å². The molecule has 0 unspecified atom stereocenters. The topological polar surface area (TPSA) is 63.6 Å². The number of benzene rings is 1. The van der Waals surface area contributed by atoms with E-state index in [0.717, 1.165) is 0 Å². The standard InChI is InChI=1S/C13H14F3NO3/c14-13(15,16)11(18)7-17-5-1-2-8-6-9(12(19)20)3-4-10(8)17/h3-4,6,11,18H,1-2,5,7H2,(H,19,20)/p-1/t11-/m0/s1. The summed E-state index contributed by atoms with van der Waals surface area (Å²) < 4.78 is 37.2. The summed E-state index contributed by atoms with van der Waals surface area (Å²) in [6.07, 6.45) is -5.89. The van der Waals surface area contributed by atoms with Gasteiger partial charge in [-0.25, -0.2) is 0 Å². The van der Waals surface area contributed by atoms with E-state index in [1.54, 1.807) is 0 Å². The number of aliphatic hydroxyl groups is 1. The molecule has 1 aliphatic heterocycles. The molecule has 0 radical (unpaired) electrons. The number of alkyl halides is 3. The van der Waals surface area contributed by atoms with Crippen molar-refractivity contribution in [3.8, 4) is 0 Å². The van der Waals surface area contributed by atoms with Gasteiger partial charge in [0.1, 0.15) is 0 Å². The van der Waals surface area contributed by atoms with Gasteiger partial charge < -0.3 is 19.9 Å². The molecule has 0 saturated heterocycles. The second kappa shape index (κ2) is 5.32. The summed E-state index contributed by atoms with van der Waals surface area (Å²) >= 11 is 0. The normalized spacial score (nSPS) is 16.7. The SMILES string of the molecule is O=C([O-])c1ccc2c(c1)CCCN2C[C@H](O)C(F)(F)F. The van der Waals surface area contributed by atoms with Crippen molar-refractivity contribution in [1.82, 2.24) is 0 Å². The van der Waals surface area contributed by atoms with E-state index in [2.05, 4.69) is 0 Å². The minimum atomic E-state index is -4.66. The van der Waals surface area contributed by atoms with Crippen LogP contribution in [0.5, 0.6) is 0 Å². The first-order valence-corrected chi connectivity index (χ1v) is 6.13. The summed E-state index contributed by atoms with van der Waals surface area (Å²) in [5.74, 6) is -1.32. The lowest BCUT2D eigenvalue weighted by atomic mass is 9.99.